The minimum atomic E-state index is -1.31. The number of amides is 1. The third-order valence-electron chi connectivity index (χ3n) is 7.42. The Bertz CT molecular complexity index is 1580. The summed E-state index contributed by atoms with van der Waals surface area (Å²) in [7, 11) is 3.17. The van der Waals surface area contributed by atoms with Crippen molar-refractivity contribution in [1.29, 1.82) is 0 Å². The maximum Gasteiger partial charge on any atom is 0.252 e. The van der Waals surface area contributed by atoms with E-state index in [0.29, 0.717) is 42.6 Å². The van der Waals surface area contributed by atoms with E-state index in [-0.39, 0.29) is 19.1 Å². The van der Waals surface area contributed by atoms with E-state index in [1.54, 1.807) is 14.2 Å². The Morgan fingerprint density at radius 3 is 2.32 bits per heavy atom. The summed E-state index contributed by atoms with van der Waals surface area (Å²) in [5.41, 5.74) is 2.05. The molecular weight excluding hydrogens is 624 g/mol. The molecular formula is C35H35BrN2O6. The molecule has 4 aromatic carbocycles. The highest BCUT2D eigenvalue weighted by Gasteiger charge is 2.53. The lowest BCUT2D eigenvalue weighted by molar-refractivity contribution is -0.129. The van der Waals surface area contributed by atoms with Gasteiger partial charge in [0, 0.05) is 36.0 Å². The van der Waals surface area contributed by atoms with Gasteiger partial charge in [0.25, 0.3) is 5.91 Å². The van der Waals surface area contributed by atoms with Crippen LogP contribution in [-0.2, 0) is 22.5 Å². The van der Waals surface area contributed by atoms with Gasteiger partial charge in [-0.05, 0) is 65.2 Å². The van der Waals surface area contributed by atoms with Crippen LogP contribution in [0.3, 0.4) is 0 Å². The molecule has 0 saturated heterocycles. The minimum Gasteiger partial charge on any atom is -0.494 e. The van der Waals surface area contributed by atoms with E-state index in [0.717, 1.165) is 26.7 Å². The number of hydrogen-bond donors (Lipinski definition) is 2. The second-order valence-electron chi connectivity index (χ2n) is 10.4. The van der Waals surface area contributed by atoms with E-state index in [1.165, 1.54) is 0 Å². The highest BCUT2D eigenvalue weighted by molar-refractivity contribution is 9.10. The summed E-state index contributed by atoms with van der Waals surface area (Å²) < 4.78 is 24.1. The fourth-order valence-electron chi connectivity index (χ4n) is 5.15. The van der Waals surface area contributed by atoms with E-state index in [4.69, 9.17) is 29.0 Å². The summed E-state index contributed by atoms with van der Waals surface area (Å²) in [6, 6.07) is 30.6. The van der Waals surface area contributed by atoms with E-state index in [9.17, 15) is 4.79 Å². The third-order valence-corrected chi connectivity index (χ3v) is 7.95. The second-order valence-corrected chi connectivity index (χ2v) is 11.3. The Labute approximate surface area is 265 Å². The number of carbonyl (C=O) groups excluding carboxylic acids is 1. The number of benzene rings is 4. The summed E-state index contributed by atoms with van der Waals surface area (Å²) in [4.78, 5) is 19.5. The van der Waals surface area contributed by atoms with Crippen LogP contribution < -0.4 is 19.5 Å². The highest BCUT2D eigenvalue weighted by atomic mass is 79.9. The number of aliphatic imine (C=N–C) groups is 1. The van der Waals surface area contributed by atoms with Crippen molar-refractivity contribution in [1.82, 2.24) is 5.32 Å². The quantitative estimate of drug-likeness (QED) is 0.170. The molecule has 0 aliphatic carbocycles. The van der Waals surface area contributed by atoms with Gasteiger partial charge in [0.05, 0.1) is 20.8 Å². The first-order chi connectivity index (χ1) is 21.5. The van der Waals surface area contributed by atoms with Crippen LogP contribution in [0.2, 0.25) is 0 Å². The minimum absolute atomic E-state index is 0.0676. The Morgan fingerprint density at radius 1 is 0.932 bits per heavy atom. The van der Waals surface area contributed by atoms with Gasteiger partial charge >= 0.3 is 0 Å². The summed E-state index contributed by atoms with van der Waals surface area (Å²) in [5.74, 6) is 1.98. The molecule has 1 aliphatic heterocycles. The van der Waals surface area contributed by atoms with Crippen LogP contribution >= 0.6 is 15.9 Å². The number of methoxy groups -OCH3 is 2. The number of nitrogens with one attached hydrogen (secondary N) is 1. The van der Waals surface area contributed by atoms with Crippen LogP contribution in [0.1, 0.15) is 34.8 Å². The van der Waals surface area contributed by atoms with Gasteiger partial charge in [-0.25, -0.2) is 4.99 Å². The van der Waals surface area contributed by atoms with Crippen LogP contribution in [0.15, 0.2) is 107 Å². The first kappa shape index (κ1) is 31.1. The normalized spacial score (nSPS) is 17.4. The smallest absolute Gasteiger partial charge is 0.252 e. The number of halogens is 1. The average Bonchev–Trinajstić information content (AvgIpc) is 3.45. The molecule has 8 nitrogen and oxygen atoms in total. The lowest BCUT2D eigenvalue weighted by Gasteiger charge is -2.31. The van der Waals surface area contributed by atoms with Crippen molar-refractivity contribution in [3.8, 4) is 17.2 Å². The Balaban J connectivity index is 1.52. The molecule has 0 bridgehead atoms. The molecule has 228 valence electrons. The maximum absolute atomic E-state index is 14.4. The second kappa shape index (κ2) is 14.4. The summed E-state index contributed by atoms with van der Waals surface area (Å²) in [6.07, 6.45) is 0.171. The molecule has 0 unspecified atom stereocenters. The Hall–Kier alpha value is -4.34. The fourth-order valence-corrected chi connectivity index (χ4v) is 5.41. The van der Waals surface area contributed by atoms with Gasteiger partial charge in [-0.3, -0.25) is 4.79 Å². The zero-order valence-electron chi connectivity index (χ0n) is 24.7. The van der Waals surface area contributed by atoms with Crippen molar-refractivity contribution in [2.24, 2.45) is 4.99 Å². The SMILES string of the molecule is COc1ccc(CNC(=O)[C@]2(Cc3ccc(Br)cc3)N=C(c3ccc(OCCCO)cc3)O[C@@H]2c2ccccc2)cc1OC. The van der Waals surface area contributed by atoms with Crippen molar-refractivity contribution in [3.63, 3.8) is 0 Å². The number of aliphatic hydroxyl groups excluding tert-OH is 1. The summed E-state index contributed by atoms with van der Waals surface area (Å²) in [5, 5.41) is 12.2. The number of carbonyl (C=O) groups is 1. The fraction of sp³-hybridized carbons (Fsp3) is 0.257. The number of ether oxygens (including phenoxy) is 4. The van der Waals surface area contributed by atoms with Crippen LogP contribution in [0.5, 0.6) is 17.2 Å². The maximum atomic E-state index is 14.4. The molecule has 4 aromatic rings. The lowest BCUT2D eigenvalue weighted by atomic mass is 9.82. The molecule has 44 heavy (non-hydrogen) atoms. The standard InChI is InChI=1S/C35H35BrN2O6/c1-41-30-18-11-25(21-31(30)42-2)23-37-34(40)35(22-24-9-14-28(36)15-10-24)32(26-7-4-3-5-8-26)44-33(38-35)27-12-16-29(17-13-27)43-20-6-19-39/h3-5,7-18,21,32,39H,6,19-20,22-23H2,1-2H3,(H,37,40)/t32-,35-/m1/s1. The van der Waals surface area contributed by atoms with E-state index < -0.39 is 11.6 Å². The summed E-state index contributed by atoms with van der Waals surface area (Å²) >= 11 is 3.51. The molecule has 0 fully saturated rings. The van der Waals surface area contributed by atoms with Crippen molar-refractivity contribution < 1.29 is 28.8 Å². The predicted molar refractivity (Wildman–Crippen MR) is 172 cm³/mol. The zero-order chi connectivity index (χ0) is 30.9. The van der Waals surface area contributed by atoms with Crippen molar-refractivity contribution in [2.75, 3.05) is 27.4 Å². The molecule has 0 spiro atoms. The van der Waals surface area contributed by atoms with Gasteiger partial charge in [-0.2, -0.15) is 0 Å². The molecule has 1 aliphatic rings. The van der Waals surface area contributed by atoms with Gasteiger partial charge in [0.2, 0.25) is 5.90 Å². The van der Waals surface area contributed by atoms with Gasteiger partial charge in [0.1, 0.15) is 5.75 Å². The first-order valence-corrected chi connectivity index (χ1v) is 15.1. The van der Waals surface area contributed by atoms with Crippen molar-refractivity contribution in [3.05, 3.63) is 124 Å². The Morgan fingerprint density at radius 2 is 1.64 bits per heavy atom. The van der Waals surface area contributed by atoms with Crippen LogP contribution in [0, 0.1) is 0 Å². The molecule has 1 amide bonds. The lowest BCUT2D eigenvalue weighted by Crippen LogP contribution is -2.49. The summed E-state index contributed by atoms with van der Waals surface area (Å²) in [6.45, 7) is 0.742. The first-order valence-electron chi connectivity index (χ1n) is 14.3. The molecule has 1 heterocycles. The topological polar surface area (TPSA) is 98.6 Å². The van der Waals surface area contributed by atoms with Gasteiger partial charge in [0.15, 0.2) is 23.1 Å². The van der Waals surface area contributed by atoms with E-state index >= 15 is 0 Å². The predicted octanol–water partition coefficient (Wildman–Crippen LogP) is 6.04. The van der Waals surface area contributed by atoms with Crippen LogP contribution in [-0.4, -0.2) is 49.9 Å². The number of nitrogens with zero attached hydrogens (tertiary/aromatic N) is 1. The van der Waals surface area contributed by atoms with Crippen molar-refractivity contribution in [2.45, 2.75) is 31.0 Å². The molecule has 2 atom stereocenters. The largest absolute Gasteiger partial charge is 0.494 e. The number of aliphatic hydroxyl groups is 1. The molecule has 0 radical (unpaired) electrons. The van der Waals surface area contributed by atoms with Gasteiger partial charge in [-0.1, -0.05) is 64.5 Å². The van der Waals surface area contributed by atoms with Crippen LogP contribution in [0.25, 0.3) is 0 Å². The number of hydrogen-bond acceptors (Lipinski definition) is 7. The molecule has 5 rings (SSSR count). The average molecular weight is 660 g/mol. The monoisotopic (exact) mass is 658 g/mol. The van der Waals surface area contributed by atoms with Crippen LogP contribution in [0.4, 0.5) is 0 Å². The third kappa shape index (κ3) is 7.06. The molecule has 2 N–H and O–H groups in total. The van der Waals surface area contributed by atoms with Crippen molar-refractivity contribution >= 4 is 27.7 Å². The zero-order valence-corrected chi connectivity index (χ0v) is 26.3. The van der Waals surface area contributed by atoms with Gasteiger partial charge < -0.3 is 29.4 Å². The number of rotatable bonds is 13. The highest BCUT2D eigenvalue weighted by Crippen LogP contribution is 2.43. The molecule has 0 saturated carbocycles. The van der Waals surface area contributed by atoms with E-state index in [1.807, 2.05) is 97.1 Å². The van der Waals surface area contributed by atoms with Gasteiger partial charge in [-0.15, -0.1) is 0 Å². The Kier molecular flexibility index (Phi) is 10.2. The molecule has 9 heteroatoms. The van der Waals surface area contributed by atoms with E-state index in [2.05, 4.69) is 21.2 Å². The molecule has 0 aromatic heterocycles.